The lowest BCUT2D eigenvalue weighted by molar-refractivity contribution is -0.146. The van der Waals surface area contributed by atoms with E-state index < -0.39 is 29.6 Å². The molecule has 3 N–H and O–H groups in total. The quantitative estimate of drug-likeness (QED) is 0.588. The van der Waals surface area contributed by atoms with E-state index in [4.69, 9.17) is 23.2 Å². The summed E-state index contributed by atoms with van der Waals surface area (Å²) in [7, 11) is 0. The van der Waals surface area contributed by atoms with Crippen LogP contribution in [0.3, 0.4) is 0 Å². The smallest absolute Gasteiger partial charge is 0.307 e. The van der Waals surface area contributed by atoms with Crippen molar-refractivity contribution in [3.8, 4) is 0 Å². The van der Waals surface area contributed by atoms with Crippen LogP contribution in [0.5, 0.6) is 0 Å². The number of carboxylic acid groups (broad SMARTS) is 1. The van der Waals surface area contributed by atoms with Crippen molar-refractivity contribution in [2.24, 2.45) is 11.8 Å². The summed E-state index contributed by atoms with van der Waals surface area (Å²) in [5, 5.41) is 15.3. The summed E-state index contributed by atoms with van der Waals surface area (Å²) in [5.41, 5.74) is 0.843. The monoisotopic (exact) mass is 432 g/mol. The van der Waals surface area contributed by atoms with Gasteiger partial charge in [0.2, 0.25) is 5.91 Å². The van der Waals surface area contributed by atoms with E-state index in [9.17, 15) is 19.5 Å². The molecule has 0 fully saturated rings. The third-order valence-electron chi connectivity index (χ3n) is 4.72. The molecule has 0 heterocycles. The molecule has 1 aliphatic carbocycles. The van der Waals surface area contributed by atoms with Gasteiger partial charge in [0.1, 0.15) is 0 Å². The Balaban J connectivity index is 1.80. The normalized spacial score (nSPS) is 18.1. The third kappa shape index (κ3) is 4.78. The Bertz CT molecular complexity index is 990. The van der Waals surface area contributed by atoms with Gasteiger partial charge in [0.15, 0.2) is 0 Å². The molecule has 0 aliphatic heterocycles. The number of hydrogen-bond acceptors (Lipinski definition) is 3. The lowest BCUT2D eigenvalue weighted by Gasteiger charge is -2.24. The first-order chi connectivity index (χ1) is 13.9. The van der Waals surface area contributed by atoms with E-state index in [0.29, 0.717) is 23.6 Å². The number of carbonyl (C=O) groups excluding carboxylic acids is 2. The van der Waals surface area contributed by atoms with E-state index in [0.717, 1.165) is 0 Å². The van der Waals surface area contributed by atoms with Crippen LogP contribution in [0.1, 0.15) is 23.2 Å². The van der Waals surface area contributed by atoms with Crippen molar-refractivity contribution in [2.75, 3.05) is 10.6 Å². The molecule has 3 rings (SSSR count). The number of para-hydroxylation sites is 1. The van der Waals surface area contributed by atoms with Gasteiger partial charge in [0.25, 0.3) is 5.91 Å². The fourth-order valence-corrected chi connectivity index (χ4v) is 3.53. The van der Waals surface area contributed by atoms with Crippen LogP contribution in [0.15, 0.2) is 54.6 Å². The second-order valence-corrected chi connectivity index (χ2v) is 7.37. The molecule has 6 nitrogen and oxygen atoms in total. The van der Waals surface area contributed by atoms with E-state index in [1.54, 1.807) is 54.6 Å². The van der Waals surface area contributed by atoms with Gasteiger partial charge in [-0.2, -0.15) is 0 Å². The second-order valence-electron chi connectivity index (χ2n) is 6.58. The van der Waals surface area contributed by atoms with Crippen LogP contribution in [0.2, 0.25) is 10.0 Å². The molecule has 0 spiro atoms. The maximum absolute atomic E-state index is 12.8. The molecule has 29 heavy (non-hydrogen) atoms. The van der Waals surface area contributed by atoms with Crippen LogP contribution in [0.4, 0.5) is 11.4 Å². The fraction of sp³-hybridized carbons (Fsp3) is 0.190. The Hall–Kier alpha value is -2.83. The van der Waals surface area contributed by atoms with Gasteiger partial charge in [-0.3, -0.25) is 14.4 Å². The molecule has 0 saturated heterocycles. The van der Waals surface area contributed by atoms with Gasteiger partial charge in [-0.05, 0) is 37.1 Å². The number of aliphatic carboxylic acids is 1. The molecule has 2 aromatic carbocycles. The summed E-state index contributed by atoms with van der Waals surface area (Å²) in [6.45, 7) is 0. The van der Waals surface area contributed by atoms with Crippen LogP contribution in [0, 0.1) is 11.8 Å². The van der Waals surface area contributed by atoms with Crippen LogP contribution in [0.25, 0.3) is 0 Å². The average molecular weight is 433 g/mol. The summed E-state index contributed by atoms with van der Waals surface area (Å²) >= 11 is 12.1. The van der Waals surface area contributed by atoms with Crippen molar-refractivity contribution in [2.45, 2.75) is 12.8 Å². The zero-order chi connectivity index (χ0) is 21.0. The molecule has 2 aromatic rings. The van der Waals surface area contributed by atoms with Crippen LogP contribution in [-0.4, -0.2) is 22.9 Å². The van der Waals surface area contributed by atoms with Gasteiger partial charge in [-0.1, -0.05) is 53.6 Å². The zero-order valence-corrected chi connectivity index (χ0v) is 16.7. The highest BCUT2D eigenvalue weighted by Crippen LogP contribution is 2.31. The average Bonchev–Trinajstić information content (AvgIpc) is 2.71. The molecule has 0 unspecified atom stereocenters. The topological polar surface area (TPSA) is 95.5 Å². The number of nitrogens with one attached hydrogen (secondary N) is 2. The first-order valence-electron chi connectivity index (χ1n) is 8.91. The molecule has 2 atom stereocenters. The van der Waals surface area contributed by atoms with E-state index in [2.05, 4.69) is 10.6 Å². The fourth-order valence-electron chi connectivity index (χ4n) is 3.18. The maximum Gasteiger partial charge on any atom is 0.307 e. The zero-order valence-electron chi connectivity index (χ0n) is 15.2. The van der Waals surface area contributed by atoms with Crippen molar-refractivity contribution in [1.29, 1.82) is 0 Å². The molecule has 2 amide bonds. The van der Waals surface area contributed by atoms with Crippen LogP contribution < -0.4 is 10.6 Å². The SMILES string of the molecule is O=C(Nc1cccc(Cl)c1Cl)c1ccccc1NC(=O)[C@H]1CC=CC[C@@H]1C(=O)O. The predicted molar refractivity (Wildman–Crippen MR) is 112 cm³/mol. The summed E-state index contributed by atoms with van der Waals surface area (Å²) in [5.74, 6) is -3.45. The first-order valence-corrected chi connectivity index (χ1v) is 9.67. The summed E-state index contributed by atoms with van der Waals surface area (Å²) < 4.78 is 0. The van der Waals surface area contributed by atoms with Crippen LogP contribution >= 0.6 is 23.2 Å². The number of halogens is 2. The molecular formula is C21H18Cl2N2O4. The molecular weight excluding hydrogens is 415 g/mol. The van der Waals surface area contributed by atoms with Gasteiger partial charge >= 0.3 is 5.97 Å². The Labute approximate surface area is 177 Å². The third-order valence-corrected chi connectivity index (χ3v) is 5.53. The number of rotatable bonds is 5. The first kappa shape index (κ1) is 20.9. The summed E-state index contributed by atoms with van der Waals surface area (Å²) in [6.07, 6.45) is 4.18. The minimum Gasteiger partial charge on any atom is -0.481 e. The minimum atomic E-state index is -1.02. The van der Waals surface area contributed by atoms with Crippen molar-refractivity contribution >= 4 is 52.4 Å². The number of amides is 2. The molecule has 0 bridgehead atoms. The molecule has 0 saturated carbocycles. The standard InChI is InChI=1S/C21H18Cl2N2O4/c22-15-9-5-11-17(18(15)23)25-20(27)14-8-3-4-10-16(14)24-19(26)12-6-1-2-7-13(12)21(28)29/h1-5,8-13H,6-7H2,(H,24,26)(H,25,27)(H,28,29)/t12-,13-/m0/s1. The summed E-state index contributed by atoms with van der Waals surface area (Å²) in [4.78, 5) is 37.0. The van der Waals surface area contributed by atoms with Crippen LogP contribution in [-0.2, 0) is 9.59 Å². The second kappa shape index (κ2) is 9.11. The highest BCUT2D eigenvalue weighted by Gasteiger charge is 2.34. The van der Waals surface area contributed by atoms with Gasteiger partial charge in [-0.15, -0.1) is 0 Å². The van der Waals surface area contributed by atoms with E-state index in [-0.39, 0.29) is 16.3 Å². The Morgan fingerprint density at radius 2 is 1.52 bits per heavy atom. The Morgan fingerprint density at radius 1 is 0.862 bits per heavy atom. The Morgan fingerprint density at radius 3 is 2.24 bits per heavy atom. The largest absolute Gasteiger partial charge is 0.481 e. The predicted octanol–water partition coefficient (Wildman–Crippen LogP) is 4.85. The van der Waals surface area contributed by atoms with Crippen molar-refractivity contribution in [3.05, 3.63) is 70.2 Å². The molecule has 0 aromatic heterocycles. The van der Waals surface area contributed by atoms with Crippen molar-refractivity contribution in [3.63, 3.8) is 0 Å². The minimum absolute atomic E-state index is 0.210. The molecule has 0 radical (unpaired) electrons. The van der Waals surface area contributed by atoms with Gasteiger partial charge < -0.3 is 15.7 Å². The summed E-state index contributed by atoms with van der Waals surface area (Å²) in [6, 6.07) is 11.3. The number of carboxylic acids is 1. The maximum atomic E-state index is 12.8. The molecule has 8 heteroatoms. The molecule has 150 valence electrons. The van der Waals surface area contributed by atoms with E-state index >= 15 is 0 Å². The Kier molecular flexibility index (Phi) is 6.56. The lowest BCUT2D eigenvalue weighted by atomic mass is 9.82. The van der Waals surface area contributed by atoms with Crippen molar-refractivity contribution < 1.29 is 19.5 Å². The lowest BCUT2D eigenvalue weighted by Crippen LogP contribution is -2.35. The van der Waals surface area contributed by atoms with Gasteiger partial charge in [0, 0.05) is 0 Å². The number of allylic oxidation sites excluding steroid dienone is 2. The van der Waals surface area contributed by atoms with Crippen molar-refractivity contribution in [1.82, 2.24) is 0 Å². The number of hydrogen-bond donors (Lipinski definition) is 3. The highest BCUT2D eigenvalue weighted by atomic mass is 35.5. The number of carbonyl (C=O) groups is 3. The molecule has 1 aliphatic rings. The number of anilines is 2. The van der Waals surface area contributed by atoms with E-state index in [1.165, 1.54) is 0 Å². The van der Waals surface area contributed by atoms with Gasteiger partial charge in [-0.25, -0.2) is 0 Å². The van der Waals surface area contributed by atoms with E-state index in [1.807, 2.05) is 0 Å². The van der Waals surface area contributed by atoms with Gasteiger partial charge in [0.05, 0.1) is 38.8 Å². The highest BCUT2D eigenvalue weighted by molar-refractivity contribution is 6.44. The number of benzene rings is 2.